The summed E-state index contributed by atoms with van der Waals surface area (Å²) in [6.45, 7) is 1.09. The molecule has 2 aliphatic heterocycles. The molecule has 5 aromatic carbocycles. The summed E-state index contributed by atoms with van der Waals surface area (Å²) in [6, 6.07) is 36.3. The topological polar surface area (TPSA) is 125 Å². The second kappa shape index (κ2) is 15.7. The number of hydrogen-bond donors (Lipinski definition) is 1. The normalized spacial score (nSPS) is 12.7. The summed E-state index contributed by atoms with van der Waals surface area (Å²) in [4.78, 5) is 9.36. The van der Waals surface area contributed by atoms with E-state index in [4.69, 9.17) is 14.5 Å². The van der Waals surface area contributed by atoms with Crippen LogP contribution in [0.3, 0.4) is 0 Å². The van der Waals surface area contributed by atoms with E-state index in [-0.39, 0.29) is 24.8 Å². The maximum Gasteiger partial charge on any atom is 0.163 e. The molecule has 0 saturated heterocycles. The highest BCUT2D eigenvalue weighted by Gasteiger charge is 2.25. The van der Waals surface area contributed by atoms with Crippen LogP contribution in [0.5, 0.6) is 5.75 Å². The third-order valence-corrected chi connectivity index (χ3v) is 9.16. The fourth-order valence-electron chi connectivity index (χ4n) is 6.59. The number of rotatable bonds is 8. The maximum atomic E-state index is 14.2. The van der Waals surface area contributed by atoms with E-state index in [1.54, 1.807) is 23.8 Å². The van der Waals surface area contributed by atoms with Gasteiger partial charge < -0.3 is 14.6 Å². The van der Waals surface area contributed by atoms with Gasteiger partial charge in [-0.25, -0.2) is 8.78 Å². The summed E-state index contributed by atoms with van der Waals surface area (Å²) >= 11 is 0. The number of benzene rings is 5. The lowest BCUT2D eigenvalue weighted by Crippen LogP contribution is -2.11. The Morgan fingerprint density at radius 3 is 1.62 bits per heavy atom. The zero-order valence-corrected chi connectivity index (χ0v) is 29.7. The minimum Gasteiger partial charge on any atom is -0.497 e. The Kier molecular flexibility index (Phi) is 10.1. The Labute approximate surface area is 314 Å². The SMILES string of the molecule is COc1ccc(COCc2nnc3n2-c2ccc(F)cc2C(c2ccccc2)=NC3)cc1.OCc1nnc2n1-c1ccc(F)cc1C(c1ccccc1)=NC2. The van der Waals surface area contributed by atoms with Gasteiger partial charge >= 0.3 is 0 Å². The van der Waals surface area contributed by atoms with Crippen LogP contribution in [0.2, 0.25) is 0 Å². The first kappa shape index (κ1) is 35.3. The number of nitrogens with zero attached hydrogens (tertiary/aromatic N) is 8. The van der Waals surface area contributed by atoms with Crippen molar-refractivity contribution in [2.75, 3.05) is 7.11 Å². The van der Waals surface area contributed by atoms with Gasteiger partial charge in [-0.15, -0.1) is 20.4 Å². The van der Waals surface area contributed by atoms with Gasteiger partial charge in [-0.3, -0.25) is 19.1 Å². The summed E-state index contributed by atoms with van der Waals surface area (Å²) in [7, 11) is 1.64. The highest BCUT2D eigenvalue weighted by molar-refractivity contribution is 6.16. The first-order valence-electron chi connectivity index (χ1n) is 17.5. The largest absolute Gasteiger partial charge is 0.497 e. The second-order valence-electron chi connectivity index (χ2n) is 12.6. The molecule has 0 fully saturated rings. The van der Waals surface area contributed by atoms with E-state index in [9.17, 15) is 13.9 Å². The molecule has 274 valence electrons. The van der Waals surface area contributed by atoms with Crippen LogP contribution in [0.4, 0.5) is 8.78 Å². The molecular formula is C42H34F2N8O3. The Morgan fingerprint density at radius 2 is 1.11 bits per heavy atom. The first-order chi connectivity index (χ1) is 27.0. The van der Waals surface area contributed by atoms with Gasteiger partial charge in [0.2, 0.25) is 0 Å². The number of methoxy groups -OCH3 is 1. The lowest BCUT2D eigenvalue weighted by molar-refractivity contribution is 0.100. The molecule has 1 N–H and O–H groups in total. The number of aliphatic imine (C=N–C) groups is 2. The van der Waals surface area contributed by atoms with Crippen molar-refractivity contribution in [2.24, 2.45) is 9.98 Å². The van der Waals surface area contributed by atoms with Gasteiger partial charge in [0.25, 0.3) is 0 Å². The van der Waals surface area contributed by atoms with Crippen LogP contribution in [-0.4, -0.2) is 53.2 Å². The minimum absolute atomic E-state index is 0.246. The van der Waals surface area contributed by atoms with Crippen molar-refractivity contribution in [1.82, 2.24) is 29.5 Å². The second-order valence-corrected chi connectivity index (χ2v) is 12.6. The van der Waals surface area contributed by atoms with Crippen LogP contribution >= 0.6 is 0 Å². The van der Waals surface area contributed by atoms with Gasteiger partial charge in [0.05, 0.1) is 36.5 Å². The summed E-state index contributed by atoms with van der Waals surface area (Å²) < 4.78 is 42.9. The number of aliphatic hydroxyl groups is 1. The smallest absolute Gasteiger partial charge is 0.163 e. The standard InChI is InChI=1S/C25H21FN4O2.C17H13FN4O/c1-31-20-10-7-17(8-11-20)15-32-16-24-29-28-23-14-27-25(18-5-3-2-4-6-18)21-13-19(26)9-12-22(21)30(23)24;18-12-6-7-14-13(8-12)17(11-4-2-1-3-5-11)19-9-15-20-21-16(10-23)22(14)15/h2-13H,14-16H2,1H3;1-8,23H,9-10H2. The lowest BCUT2D eigenvalue weighted by Gasteiger charge is -2.14. The average Bonchev–Trinajstić information content (AvgIpc) is 3.74. The Morgan fingerprint density at radius 1 is 0.600 bits per heavy atom. The number of halogens is 2. The molecule has 0 spiro atoms. The molecule has 9 rings (SSSR count). The molecule has 13 heteroatoms. The summed E-state index contributed by atoms with van der Waals surface area (Å²) in [5, 5.41) is 26.2. The van der Waals surface area contributed by atoms with Crippen LogP contribution in [-0.2, 0) is 37.6 Å². The molecular weight excluding hydrogens is 703 g/mol. The van der Waals surface area contributed by atoms with Crippen LogP contribution in [0.1, 0.15) is 51.1 Å². The summed E-state index contributed by atoms with van der Waals surface area (Å²) in [5.41, 5.74) is 7.16. The Hall–Kier alpha value is -6.70. The molecule has 0 atom stereocenters. The zero-order valence-electron chi connectivity index (χ0n) is 29.7. The summed E-state index contributed by atoms with van der Waals surface area (Å²) in [5.74, 6) is 2.51. The lowest BCUT2D eigenvalue weighted by atomic mass is 10.0. The van der Waals surface area contributed by atoms with E-state index in [0.717, 1.165) is 39.5 Å². The molecule has 7 aromatic rings. The molecule has 0 aliphatic carbocycles. The zero-order chi connectivity index (χ0) is 37.7. The van der Waals surface area contributed by atoms with Crippen LogP contribution in [0.25, 0.3) is 11.4 Å². The fraction of sp³-hybridized carbons (Fsp3) is 0.143. The van der Waals surface area contributed by atoms with Crippen LogP contribution in [0.15, 0.2) is 131 Å². The fourth-order valence-corrected chi connectivity index (χ4v) is 6.59. The Bertz CT molecular complexity index is 2520. The van der Waals surface area contributed by atoms with E-state index in [0.29, 0.717) is 59.8 Å². The third kappa shape index (κ3) is 7.30. The predicted octanol–water partition coefficient (Wildman–Crippen LogP) is 6.73. The van der Waals surface area contributed by atoms with Gasteiger partial charge in [-0.05, 0) is 54.1 Å². The number of aromatic nitrogens is 6. The average molecular weight is 737 g/mol. The molecule has 0 amide bonds. The van der Waals surface area contributed by atoms with E-state index >= 15 is 0 Å². The molecule has 0 saturated carbocycles. The van der Waals surface area contributed by atoms with Crippen LogP contribution in [0, 0.1) is 11.6 Å². The Balaban J connectivity index is 0.000000164. The highest BCUT2D eigenvalue weighted by Crippen LogP contribution is 2.28. The number of fused-ring (bicyclic) bond motifs is 6. The maximum absolute atomic E-state index is 14.2. The van der Waals surface area contributed by atoms with Gasteiger partial charge in [-0.1, -0.05) is 72.8 Å². The predicted molar refractivity (Wildman–Crippen MR) is 202 cm³/mol. The number of aliphatic hydroxyl groups excluding tert-OH is 1. The van der Waals surface area contributed by atoms with Crippen molar-refractivity contribution in [3.63, 3.8) is 0 Å². The summed E-state index contributed by atoms with van der Waals surface area (Å²) in [6.07, 6.45) is 0. The molecule has 11 nitrogen and oxygen atoms in total. The van der Waals surface area contributed by atoms with Crippen molar-refractivity contribution in [3.8, 4) is 17.1 Å². The number of hydrogen-bond acceptors (Lipinski definition) is 9. The molecule has 2 aromatic heterocycles. The van der Waals surface area contributed by atoms with Crippen molar-refractivity contribution in [3.05, 3.63) is 184 Å². The van der Waals surface area contributed by atoms with E-state index < -0.39 is 0 Å². The molecule has 0 bridgehead atoms. The van der Waals surface area contributed by atoms with Crippen LogP contribution < -0.4 is 4.74 Å². The monoisotopic (exact) mass is 736 g/mol. The van der Waals surface area contributed by atoms with Crippen molar-refractivity contribution < 1.29 is 23.4 Å². The van der Waals surface area contributed by atoms with Crippen molar-refractivity contribution >= 4 is 11.4 Å². The molecule has 55 heavy (non-hydrogen) atoms. The highest BCUT2D eigenvalue weighted by atomic mass is 19.1. The minimum atomic E-state index is -0.338. The van der Waals surface area contributed by atoms with Gasteiger partial charge in [0.1, 0.15) is 43.7 Å². The van der Waals surface area contributed by atoms with Gasteiger partial charge in [0, 0.05) is 22.3 Å². The van der Waals surface area contributed by atoms with E-state index in [2.05, 4.69) is 25.4 Å². The third-order valence-electron chi connectivity index (χ3n) is 9.16. The van der Waals surface area contributed by atoms with Crippen molar-refractivity contribution in [1.29, 1.82) is 0 Å². The first-order valence-corrected chi connectivity index (χ1v) is 17.5. The van der Waals surface area contributed by atoms with Gasteiger partial charge in [-0.2, -0.15) is 0 Å². The van der Waals surface area contributed by atoms with E-state index in [1.807, 2.05) is 89.5 Å². The molecule has 0 radical (unpaired) electrons. The van der Waals surface area contributed by atoms with Crippen molar-refractivity contribution in [2.45, 2.75) is 32.9 Å². The molecule has 0 unspecified atom stereocenters. The molecule has 4 heterocycles. The van der Waals surface area contributed by atoms with E-state index in [1.165, 1.54) is 24.3 Å². The number of ether oxygens (including phenoxy) is 2. The quantitative estimate of drug-likeness (QED) is 0.184. The van der Waals surface area contributed by atoms with Gasteiger partial charge in [0.15, 0.2) is 23.3 Å². The molecule has 2 aliphatic rings.